The van der Waals surface area contributed by atoms with Crippen LogP contribution in [0.3, 0.4) is 0 Å². The summed E-state index contributed by atoms with van der Waals surface area (Å²) in [6.45, 7) is 2.82. The molecule has 4 rings (SSSR count). The Kier molecular flexibility index (Phi) is 6.80. The van der Waals surface area contributed by atoms with Gasteiger partial charge >= 0.3 is 0 Å². The van der Waals surface area contributed by atoms with Crippen molar-refractivity contribution < 1.29 is 9.53 Å². The van der Waals surface area contributed by atoms with Crippen LogP contribution in [0, 0.1) is 0 Å². The molecule has 0 atom stereocenters. The Morgan fingerprint density at radius 2 is 1.75 bits per heavy atom. The van der Waals surface area contributed by atoms with Gasteiger partial charge in [0.05, 0.1) is 18.5 Å². The second-order valence-electron chi connectivity index (χ2n) is 7.74. The molecule has 2 aromatic carbocycles. The fourth-order valence-electron chi connectivity index (χ4n) is 3.66. The topological polar surface area (TPSA) is 68.5 Å². The minimum atomic E-state index is -0.152. The molecule has 0 aliphatic carbocycles. The first-order valence-corrected chi connectivity index (χ1v) is 11.1. The summed E-state index contributed by atoms with van der Waals surface area (Å²) in [7, 11) is 1.64. The standard InChI is InChI=1S/C26H28N4O2/c1-3-4-5-9-15-27-26(31)24-17-22(20-13-10-14-21(16-20)32-2)28-25-18-23(29-30(24)25)19-11-7-6-8-12-19/h6-8,10-14,16-18H,3-5,9,15H2,1-2H3,(H,27,31). The summed E-state index contributed by atoms with van der Waals surface area (Å²) in [6, 6.07) is 21.3. The Morgan fingerprint density at radius 3 is 2.53 bits per heavy atom. The molecule has 2 aromatic heterocycles. The average molecular weight is 429 g/mol. The summed E-state index contributed by atoms with van der Waals surface area (Å²) >= 11 is 0. The van der Waals surface area contributed by atoms with Crippen molar-refractivity contribution in [3.05, 3.63) is 72.4 Å². The molecule has 32 heavy (non-hydrogen) atoms. The first kappa shape index (κ1) is 21.6. The second kappa shape index (κ2) is 10.1. The predicted octanol–water partition coefficient (Wildman–Crippen LogP) is 5.38. The first-order chi connectivity index (χ1) is 15.7. The molecular weight excluding hydrogens is 400 g/mol. The van der Waals surface area contributed by atoms with E-state index in [1.165, 1.54) is 12.8 Å². The predicted molar refractivity (Wildman–Crippen MR) is 127 cm³/mol. The summed E-state index contributed by atoms with van der Waals surface area (Å²) < 4.78 is 7.00. The fourth-order valence-corrected chi connectivity index (χ4v) is 3.66. The number of nitrogens with one attached hydrogen (secondary N) is 1. The molecule has 0 saturated carbocycles. The van der Waals surface area contributed by atoms with Crippen LogP contribution in [0.2, 0.25) is 0 Å². The van der Waals surface area contributed by atoms with Gasteiger partial charge in [-0.2, -0.15) is 5.10 Å². The molecule has 0 fully saturated rings. The quantitative estimate of drug-likeness (QED) is 0.363. The summed E-state index contributed by atoms with van der Waals surface area (Å²) in [4.78, 5) is 17.9. The van der Waals surface area contributed by atoms with E-state index in [0.29, 0.717) is 23.6 Å². The summed E-state index contributed by atoms with van der Waals surface area (Å²) in [5.41, 5.74) is 4.42. The van der Waals surface area contributed by atoms with E-state index in [2.05, 4.69) is 12.2 Å². The van der Waals surface area contributed by atoms with E-state index in [1.807, 2.05) is 60.7 Å². The number of amides is 1. The third-order valence-corrected chi connectivity index (χ3v) is 5.41. The van der Waals surface area contributed by atoms with E-state index >= 15 is 0 Å². The van der Waals surface area contributed by atoms with E-state index in [0.717, 1.165) is 35.4 Å². The van der Waals surface area contributed by atoms with Crippen molar-refractivity contribution in [2.24, 2.45) is 0 Å². The van der Waals surface area contributed by atoms with Crippen molar-refractivity contribution in [2.45, 2.75) is 32.6 Å². The Labute approximate surface area is 188 Å². The smallest absolute Gasteiger partial charge is 0.270 e. The molecule has 6 heteroatoms. The zero-order valence-corrected chi connectivity index (χ0v) is 18.5. The normalized spacial score (nSPS) is 10.9. The fraction of sp³-hybridized carbons (Fsp3) is 0.269. The third-order valence-electron chi connectivity index (χ3n) is 5.41. The van der Waals surface area contributed by atoms with Gasteiger partial charge in [0, 0.05) is 23.7 Å². The SMILES string of the molecule is CCCCCCNC(=O)c1cc(-c2cccc(OC)c2)nc2cc(-c3ccccc3)nn12. The van der Waals surface area contributed by atoms with Crippen LogP contribution < -0.4 is 10.1 Å². The van der Waals surface area contributed by atoms with Crippen molar-refractivity contribution >= 4 is 11.6 Å². The highest BCUT2D eigenvalue weighted by Gasteiger charge is 2.17. The second-order valence-corrected chi connectivity index (χ2v) is 7.74. The zero-order chi connectivity index (χ0) is 22.3. The van der Waals surface area contributed by atoms with Crippen molar-refractivity contribution in [2.75, 3.05) is 13.7 Å². The van der Waals surface area contributed by atoms with E-state index in [9.17, 15) is 4.79 Å². The molecule has 1 amide bonds. The highest BCUT2D eigenvalue weighted by atomic mass is 16.5. The van der Waals surface area contributed by atoms with Crippen molar-refractivity contribution in [1.29, 1.82) is 0 Å². The molecule has 0 spiro atoms. The molecule has 0 bridgehead atoms. The Balaban J connectivity index is 1.74. The monoisotopic (exact) mass is 428 g/mol. The number of rotatable bonds is 9. The Bertz CT molecular complexity index is 1200. The number of nitrogens with zero attached hydrogens (tertiary/aromatic N) is 3. The summed E-state index contributed by atoms with van der Waals surface area (Å²) in [5.74, 6) is 0.588. The number of hydrogen-bond acceptors (Lipinski definition) is 4. The highest BCUT2D eigenvalue weighted by Crippen LogP contribution is 2.26. The van der Waals surface area contributed by atoms with Crippen LogP contribution >= 0.6 is 0 Å². The van der Waals surface area contributed by atoms with E-state index in [1.54, 1.807) is 17.7 Å². The number of hydrogen-bond donors (Lipinski definition) is 1. The molecule has 0 aliphatic rings. The van der Waals surface area contributed by atoms with Crippen molar-refractivity contribution in [3.63, 3.8) is 0 Å². The van der Waals surface area contributed by atoms with Gasteiger partial charge in [0.15, 0.2) is 5.65 Å². The molecule has 4 aromatic rings. The maximum absolute atomic E-state index is 13.1. The van der Waals surface area contributed by atoms with Gasteiger partial charge in [0.1, 0.15) is 11.4 Å². The minimum Gasteiger partial charge on any atom is -0.497 e. The molecule has 0 saturated heterocycles. The van der Waals surface area contributed by atoms with Gasteiger partial charge in [0.2, 0.25) is 0 Å². The maximum atomic E-state index is 13.1. The molecular formula is C26H28N4O2. The molecule has 164 valence electrons. The highest BCUT2D eigenvalue weighted by molar-refractivity contribution is 5.94. The van der Waals surface area contributed by atoms with Gasteiger partial charge in [-0.1, -0.05) is 68.7 Å². The molecule has 6 nitrogen and oxygen atoms in total. The molecule has 1 N–H and O–H groups in total. The lowest BCUT2D eigenvalue weighted by Crippen LogP contribution is -2.27. The molecule has 2 heterocycles. The number of methoxy groups -OCH3 is 1. The van der Waals surface area contributed by atoms with Crippen molar-refractivity contribution in [1.82, 2.24) is 19.9 Å². The van der Waals surface area contributed by atoms with Crippen LogP contribution in [0.5, 0.6) is 5.75 Å². The van der Waals surface area contributed by atoms with E-state index in [-0.39, 0.29) is 5.91 Å². The van der Waals surface area contributed by atoms with Gasteiger partial charge in [-0.05, 0) is 24.6 Å². The molecule has 0 radical (unpaired) electrons. The number of benzene rings is 2. The summed E-state index contributed by atoms with van der Waals surface area (Å²) in [6.07, 6.45) is 4.41. The lowest BCUT2D eigenvalue weighted by molar-refractivity contribution is 0.0945. The van der Waals surface area contributed by atoms with E-state index < -0.39 is 0 Å². The third kappa shape index (κ3) is 4.80. The maximum Gasteiger partial charge on any atom is 0.270 e. The number of unbranched alkanes of at least 4 members (excludes halogenated alkanes) is 3. The van der Waals surface area contributed by atoms with Crippen LogP contribution in [-0.4, -0.2) is 34.2 Å². The summed E-state index contributed by atoms with van der Waals surface area (Å²) in [5, 5.41) is 7.75. The Hall–Kier alpha value is -3.67. The van der Waals surface area contributed by atoms with Crippen molar-refractivity contribution in [3.8, 4) is 28.3 Å². The van der Waals surface area contributed by atoms with Crippen LogP contribution in [0.15, 0.2) is 66.7 Å². The largest absolute Gasteiger partial charge is 0.497 e. The van der Waals surface area contributed by atoms with Gasteiger partial charge in [0.25, 0.3) is 5.91 Å². The number of fused-ring (bicyclic) bond motifs is 1. The van der Waals surface area contributed by atoms with Gasteiger partial charge in [-0.3, -0.25) is 4.79 Å². The van der Waals surface area contributed by atoms with Crippen LogP contribution in [-0.2, 0) is 0 Å². The van der Waals surface area contributed by atoms with Crippen LogP contribution in [0.1, 0.15) is 43.1 Å². The molecule has 0 aliphatic heterocycles. The lowest BCUT2D eigenvalue weighted by atomic mass is 10.1. The number of carbonyl (C=O) groups excluding carboxylic acids is 1. The Morgan fingerprint density at radius 1 is 0.938 bits per heavy atom. The number of aromatic nitrogens is 3. The van der Waals surface area contributed by atoms with E-state index in [4.69, 9.17) is 14.8 Å². The lowest BCUT2D eigenvalue weighted by Gasteiger charge is -2.10. The van der Waals surface area contributed by atoms with Gasteiger partial charge in [-0.25, -0.2) is 9.50 Å². The first-order valence-electron chi connectivity index (χ1n) is 11.1. The zero-order valence-electron chi connectivity index (χ0n) is 18.5. The minimum absolute atomic E-state index is 0.152. The van der Waals surface area contributed by atoms with Crippen LogP contribution in [0.25, 0.3) is 28.2 Å². The van der Waals surface area contributed by atoms with Crippen LogP contribution in [0.4, 0.5) is 0 Å². The van der Waals surface area contributed by atoms with Gasteiger partial charge in [-0.15, -0.1) is 0 Å². The van der Waals surface area contributed by atoms with Gasteiger partial charge < -0.3 is 10.1 Å². The number of ether oxygens (including phenoxy) is 1. The molecule has 0 unspecified atom stereocenters. The number of carbonyl (C=O) groups is 1. The average Bonchev–Trinajstić information content (AvgIpc) is 3.28.